The molecule has 3 rings (SSSR count). The van der Waals surface area contributed by atoms with Gasteiger partial charge in [-0.3, -0.25) is 0 Å². The molecule has 0 radical (unpaired) electrons. The number of aryl methyl sites for hydroxylation is 1. The SMILES string of the molecule is Cc1cc(-n2cnc(Nc3ccccc3)n2)ncn1. The summed E-state index contributed by atoms with van der Waals surface area (Å²) < 4.78 is 1.61. The van der Waals surface area contributed by atoms with Crippen molar-refractivity contribution < 1.29 is 0 Å². The normalized spacial score (nSPS) is 10.4. The molecule has 0 aliphatic carbocycles. The summed E-state index contributed by atoms with van der Waals surface area (Å²) in [5.74, 6) is 1.23. The molecule has 6 heteroatoms. The molecule has 2 heterocycles. The van der Waals surface area contributed by atoms with Crippen LogP contribution in [0.2, 0.25) is 0 Å². The van der Waals surface area contributed by atoms with Crippen LogP contribution >= 0.6 is 0 Å². The molecule has 0 unspecified atom stereocenters. The summed E-state index contributed by atoms with van der Waals surface area (Å²) in [6.07, 6.45) is 3.13. The minimum atomic E-state index is 0.530. The number of nitrogens with one attached hydrogen (secondary N) is 1. The summed E-state index contributed by atoms with van der Waals surface area (Å²) >= 11 is 0. The van der Waals surface area contributed by atoms with Crippen LogP contribution in [0, 0.1) is 6.92 Å². The van der Waals surface area contributed by atoms with Crippen molar-refractivity contribution in [3.8, 4) is 5.82 Å². The average Bonchev–Trinajstić information content (AvgIpc) is 2.88. The molecule has 0 aliphatic rings. The van der Waals surface area contributed by atoms with Crippen LogP contribution in [0.1, 0.15) is 5.69 Å². The molecule has 0 spiro atoms. The van der Waals surface area contributed by atoms with Gasteiger partial charge in [0.15, 0.2) is 5.82 Å². The lowest BCUT2D eigenvalue weighted by Crippen LogP contribution is -2.00. The van der Waals surface area contributed by atoms with Gasteiger partial charge in [-0.25, -0.2) is 14.6 Å². The van der Waals surface area contributed by atoms with E-state index in [1.54, 1.807) is 11.0 Å². The standard InChI is InChI=1S/C13H12N6/c1-10-7-12(15-8-14-10)19-9-16-13(18-19)17-11-5-3-2-4-6-11/h2-9H,1H3,(H,17,18). The fraction of sp³-hybridized carbons (Fsp3) is 0.0769. The van der Waals surface area contributed by atoms with E-state index in [4.69, 9.17) is 0 Å². The van der Waals surface area contributed by atoms with Crippen molar-refractivity contribution in [2.24, 2.45) is 0 Å². The summed E-state index contributed by atoms with van der Waals surface area (Å²) in [4.78, 5) is 12.4. The smallest absolute Gasteiger partial charge is 0.247 e. The number of hydrogen-bond acceptors (Lipinski definition) is 5. The second kappa shape index (κ2) is 4.85. The Hall–Kier alpha value is -2.76. The number of benzene rings is 1. The van der Waals surface area contributed by atoms with E-state index in [9.17, 15) is 0 Å². The van der Waals surface area contributed by atoms with Gasteiger partial charge >= 0.3 is 0 Å². The molecule has 6 nitrogen and oxygen atoms in total. The zero-order valence-electron chi connectivity index (χ0n) is 10.4. The zero-order chi connectivity index (χ0) is 13.1. The summed E-state index contributed by atoms with van der Waals surface area (Å²) in [5.41, 5.74) is 1.83. The Labute approximate surface area is 110 Å². The Balaban J connectivity index is 1.84. The molecule has 0 fully saturated rings. The largest absolute Gasteiger partial charge is 0.323 e. The molecule has 94 valence electrons. The molecule has 0 aliphatic heterocycles. The van der Waals surface area contributed by atoms with E-state index in [-0.39, 0.29) is 0 Å². The van der Waals surface area contributed by atoms with E-state index >= 15 is 0 Å². The fourth-order valence-corrected chi connectivity index (χ4v) is 1.65. The Kier molecular flexibility index (Phi) is 2.89. The third-order valence-corrected chi connectivity index (χ3v) is 2.55. The van der Waals surface area contributed by atoms with Gasteiger partial charge in [-0.15, -0.1) is 5.10 Å². The van der Waals surface area contributed by atoms with E-state index in [0.717, 1.165) is 11.4 Å². The number of nitrogens with zero attached hydrogens (tertiary/aromatic N) is 5. The van der Waals surface area contributed by atoms with Crippen molar-refractivity contribution in [2.45, 2.75) is 6.92 Å². The van der Waals surface area contributed by atoms with Gasteiger partial charge in [-0.05, 0) is 19.1 Å². The third-order valence-electron chi connectivity index (χ3n) is 2.55. The first kappa shape index (κ1) is 11.3. The number of hydrogen-bond donors (Lipinski definition) is 1. The molecule has 0 amide bonds. The zero-order valence-corrected chi connectivity index (χ0v) is 10.4. The van der Waals surface area contributed by atoms with Gasteiger partial charge in [-0.1, -0.05) is 18.2 Å². The van der Waals surface area contributed by atoms with Gasteiger partial charge in [0.1, 0.15) is 12.7 Å². The maximum atomic E-state index is 4.32. The lowest BCUT2D eigenvalue weighted by Gasteiger charge is -2.01. The number of anilines is 2. The van der Waals surface area contributed by atoms with E-state index in [1.165, 1.54) is 6.33 Å². The molecule has 2 aromatic heterocycles. The Morgan fingerprint density at radius 2 is 1.89 bits per heavy atom. The predicted molar refractivity (Wildman–Crippen MR) is 71.4 cm³/mol. The highest BCUT2D eigenvalue weighted by atomic mass is 15.4. The Morgan fingerprint density at radius 1 is 1.05 bits per heavy atom. The molecule has 0 saturated carbocycles. The molecule has 3 aromatic rings. The topological polar surface area (TPSA) is 68.5 Å². The third kappa shape index (κ3) is 2.57. The minimum Gasteiger partial charge on any atom is -0.323 e. The van der Waals surface area contributed by atoms with Crippen LogP contribution in [0.15, 0.2) is 49.1 Å². The van der Waals surface area contributed by atoms with Crippen LogP contribution in [0.5, 0.6) is 0 Å². The Bertz CT molecular complexity index is 676. The van der Waals surface area contributed by atoms with Crippen LogP contribution in [0.4, 0.5) is 11.6 Å². The highest BCUT2D eigenvalue weighted by molar-refractivity contribution is 5.52. The van der Waals surface area contributed by atoms with Crippen LogP contribution in [0.3, 0.4) is 0 Å². The molecule has 1 aromatic carbocycles. The fourth-order valence-electron chi connectivity index (χ4n) is 1.65. The van der Waals surface area contributed by atoms with E-state index < -0.39 is 0 Å². The molecule has 1 N–H and O–H groups in total. The predicted octanol–water partition coefficient (Wildman–Crippen LogP) is 2.11. The maximum Gasteiger partial charge on any atom is 0.247 e. The first-order chi connectivity index (χ1) is 9.31. The van der Waals surface area contributed by atoms with Gasteiger partial charge in [0, 0.05) is 17.4 Å². The first-order valence-corrected chi connectivity index (χ1v) is 5.84. The molecule has 0 bridgehead atoms. The minimum absolute atomic E-state index is 0.530. The van der Waals surface area contributed by atoms with Gasteiger partial charge in [0.05, 0.1) is 0 Å². The van der Waals surface area contributed by atoms with Crippen LogP contribution in [-0.4, -0.2) is 24.7 Å². The average molecular weight is 252 g/mol. The van der Waals surface area contributed by atoms with Crippen LogP contribution < -0.4 is 5.32 Å². The maximum absolute atomic E-state index is 4.32. The van der Waals surface area contributed by atoms with E-state index in [1.807, 2.05) is 43.3 Å². The lowest BCUT2D eigenvalue weighted by atomic mass is 10.3. The van der Waals surface area contributed by atoms with Crippen molar-refractivity contribution in [3.05, 3.63) is 54.7 Å². The summed E-state index contributed by atoms with van der Waals surface area (Å²) in [6, 6.07) is 11.6. The number of aromatic nitrogens is 5. The second-order valence-electron chi connectivity index (χ2n) is 4.02. The quantitative estimate of drug-likeness (QED) is 0.773. The van der Waals surface area contributed by atoms with Gasteiger partial charge in [-0.2, -0.15) is 4.98 Å². The number of para-hydroxylation sites is 1. The summed E-state index contributed by atoms with van der Waals surface area (Å²) in [6.45, 7) is 1.91. The van der Waals surface area contributed by atoms with Crippen molar-refractivity contribution in [1.29, 1.82) is 0 Å². The van der Waals surface area contributed by atoms with Crippen molar-refractivity contribution in [1.82, 2.24) is 24.7 Å². The van der Waals surface area contributed by atoms with Crippen molar-refractivity contribution in [3.63, 3.8) is 0 Å². The van der Waals surface area contributed by atoms with Crippen LogP contribution in [-0.2, 0) is 0 Å². The lowest BCUT2D eigenvalue weighted by molar-refractivity contribution is 0.836. The number of rotatable bonds is 3. The Morgan fingerprint density at radius 3 is 2.68 bits per heavy atom. The highest BCUT2D eigenvalue weighted by Gasteiger charge is 2.04. The van der Waals surface area contributed by atoms with Gasteiger partial charge < -0.3 is 5.32 Å². The van der Waals surface area contributed by atoms with E-state index in [0.29, 0.717) is 11.8 Å². The second-order valence-corrected chi connectivity index (χ2v) is 4.02. The first-order valence-electron chi connectivity index (χ1n) is 5.84. The molecular formula is C13H12N6. The van der Waals surface area contributed by atoms with Crippen molar-refractivity contribution in [2.75, 3.05) is 5.32 Å². The molecule has 0 atom stereocenters. The van der Waals surface area contributed by atoms with Crippen LogP contribution in [0.25, 0.3) is 5.82 Å². The molecular weight excluding hydrogens is 240 g/mol. The van der Waals surface area contributed by atoms with Gasteiger partial charge in [0.25, 0.3) is 0 Å². The van der Waals surface area contributed by atoms with E-state index in [2.05, 4.69) is 25.4 Å². The monoisotopic (exact) mass is 252 g/mol. The van der Waals surface area contributed by atoms with Gasteiger partial charge in [0.2, 0.25) is 5.95 Å². The van der Waals surface area contributed by atoms with Crippen molar-refractivity contribution >= 4 is 11.6 Å². The summed E-state index contributed by atoms with van der Waals surface area (Å²) in [5, 5.41) is 7.44. The molecule has 0 saturated heterocycles. The summed E-state index contributed by atoms with van der Waals surface area (Å²) in [7, 11) is 0. The molecule has 19 heavy (non-hydrogen) atoms. The highest BCUT2D eigenvalue weighted by Crippen LogP contribution is 2.12.